The van der Waals surface area contributed by atoms with Gasteiger partial charge in [0.1, 0.15) is 11.6 Å². The summed E-state index contributed by atoms with van der Waals surface area (Å²) in [6.45, 7) is 1.41. The molecular formula is C27H22ClF6N5OS. The molecule has 0 saturated carbocycles. The molecule has 0 radical (unpaired) electrons. The van der Waals surface area contributed by atoms with Crippen LogP contribution in [0.1, 0.15) is 17.1 Å². The highest BCUT2D eigenvalue weighted by Gasteiger charge is 2.35. The summed E-state index contributed by atoms with van der Waals surface area (Å²) in [7, 11) is 0. The summed E-state index contributed by atoms with van der Waals surface area (Å²) in [5.41, 5.74) is 7.06. The molecule has 0 unspecified atom stereocenters. The molecule has 1 heterocycles. The van der Waals surface area contributed by atoms with E-state index in [9.17, 15) is 26.3 Å². The second-order valence-corrected chi connectivity index (χ2v) is 9.88. The van der Waals surface area contributed by atoms with Crippen LogP contribution in [0.2, 0.25) is 5.02 Å². The molecule has 0 aliphatic rings. The van der Waals surface area contributed by atoms with Crippen LogP contribution in [-0.2, 0) is 6.18 Å². The maximum atomic E-state index is 13.5. The van der Waals surface area contributed by atoms with Crippen molar-refractivity contribution >= 4 is 34.7 Å². The van der Waals surface area contributed by atoms with Gasteiger partial charge in [-0.05, 0) is 66.8 Å². The van der Waals surface area contributed by atoms with Crippen LogP contribution in [0.5, 0.6) is 5.75 Å². The minimum Gasteiger partial charge on any atom is -0.404 e. The van der Waals surface area contributed by atoms with Gasteiger partial charge in [0.2, 0.25) is 0 Å². The zero-order valence-electron chi connectivity index (χ0n) is 21.4. The van der Waals surface area contributed by atoms with Gasteiger partial charge in [0.25, 0.3) is 0 Å². The molecule has 216 valence electrons. The van der Waals surface area contributed by atoms with Crippen molar-refractivity contribution in [1.29, 1.82) is 0 Å². The highest BCUT2D eigenvalue weighted by molar-refractivity contribution is 7.98. The lowest BCUT2D eigenvalue weighted by Gasteiger charge is -2.26. The topological polar surface area (TPSA) is 82.3 Å². The predicted octanol–water partition coefficient (Wildman–Crippen LogP) is 7.78. The third-order valence-electron chi connectivity index (χ3n) is 5.94. The molecule has 6 nitrogen and oxygen atoms in total. The van der Waals surface area contributed by atoms with Gasteiger partial charge < -0.3 is 15.0 Å². The lowest BCUT2D eigenvalue weighted by molar-refractivity contribution is -0.274. The first-order valence-corrected chi connectivity index (χ1v) is 13.3. The second-order valence-electron chi connectivity index (χ2n) is 8.59. The maximum absolute atomic E-state index is 13.5. The Bertz CT molecular complexity index is 1600. The number of ether oxygens (including phenoxy) is 1. The molecule has 0 saturated heterocycles. The standard InChI is InChI=1S/C27H22ClF6N5OS/c1-15-37-25(26(29,30)31)14-38(15)21-8-6-17(16-4-3-5-19(10-16)41-2)12-22(21)39(36)23(13-35)18-7-9-24(20(28)11-18)40-27(32,33)34/h3-14H,35-36H2,1-2H3/b23-13-. The first-order valence-electron chi connectivity index (χ1n) is 11.7. The van der Waals surface area contributed by atoms with Crippen molar-refractivity contribution in [2.45, 2.75) is 24.4 Å². The molecule has 0 spiro atoms. The zero-order chi connectivity index (χ0) is 30.1. The van der Waals surface area contributed by atoms with Crippen LogP contribution in [0.3, 0.4) is 0 Å². The van der Waals surface area contributed by atoms with Gasteiger partial charge >= 0.3 is 12.5 Å². The molecule has 14 heteroatoms. The number of nitrogens with two attached hydrogens (primary N) is 2. The Morgan fingerprint density at radius 1 is 1.02 bits per heavy atom. The highest BCUT2D eigenvalue weighted by atomic mass is 35.5. The van der Waals surface area contributed by atoms with E-state index >= 15 is 0 Å². The summed E-state index contributed by atoms with van der Waals surface area (Å²) < 4.78 is 83.7. The monoisotopic (exact) mass is 613 g/mol. The number of nitrogens with zero attached hydrogens (tertiary/aromatic N) is 3. The number of thioether (sulfide) groups is 1. The molecule has 3 aromatic carbocycles. The van der Waals surface area contributed by atoms with Crippen molar-refractivity contribution < 1.29 is 31.1 Å². The smallest absolute Gasteiger partial charge is 0.404 e. The number of aromatic nitrogens is 2. The van der Waals surface area contributed by atoms with Gasteiger partial charge in [-0.1, -0.05) is 29.8 Å². The zero-order valence-corrected chi connectivity index (χ0v) is 23.0. The Hall–Kier alpha value is -3.81. The van der Waals surface area contributed by atoms with Crippen LogP contribution in [0, 0.1) is 6.92 Å². The normalized spacial score (nSPS) is 12.5. The van der Waals surface area contributed by atoms with Crippen molar-refractivity contribution in [3.05, 3.63) is 95.2 Å². The summed E-state index contributed by atoms with van der Waals surface area (Å²) in [6.07, 6.45) is -5.77. The van der Waals surface area contributed by atoms with E-state index in [1.165, 1.54) is 35.4 Å². The quantitative estimate of drug-likeness (QED) is 0.0959. The molecular weight excluding hydrogens is 592 g/mol. The summed E-state index contributed by atoms with van der Waals surface area (Å²) in [5.74, 6) is 5.94. The first-order chi connectivity index (χ1) is 19.2. The average Bonchev–Trinajstić information content (AvgIpc) is 3.31. The Balaban J connectivity index is 1.86. The van der Waals surface area contributed by atoms with Crippen molar-refractivity contribution in [3.63, 3.8) is 0 Å². The molecule has 1 aromatic heterocycles. The number of halogens is 7. The third kappa shape index (κ3) is 6.75. The molecule has 0 aliphatic carbocycles. The number of imidazole rings is 1. The Morgan fingerprint density at radius 3 is 2.32 bits per heavy atom. The minimum absolute atomic E-state index is 0.0408. The van der Waals surface area contributed by atoms with E-state index in [1.54, 1.807) is 18.2 Å². The molecule has 0 amide bonds. The van der Waals surface area contributed by atoms with E-state index in [0.717, 1.165) is 33.9 Å². The van der Waals surface area contributed by atoms with Gasteiger partial charge in [-0.15, -0.1) is 24.9 Å². The van der Waals surface area contributed by atoms with Crippen molar-refractivity contribution in [2.24, 2.45) is 11.6 Å². The Morgan fingerprint density at radius 2 is 1.73 bits per heavy atom. The second kappa shape index (κ2) is 11.6. The molecule has 4 N–H and O–H groups in total. The van der Waals surface area contributed by atoms with E-state index < -0.39 is 24.0 Å². The van der Waals surface area contributed by atoms with Gasteiger partial charge in [-0.3, -0.25) is 5.01 Å². The summed E-state index contributed by atoms with van der Waals surface area (Å²) in [5, 5.41) is 0.746. The first kappa shape index (κ1) is 30.2. The van der Waals surface area contributed by atoms with Crippen LogP contribution in [0.4, 0.5) is 32.0 Å². The summed E-state index contributed by atoms with van der Waals surface area (Å²) in [6, 6.07) is 16.0. The van der Waals surface area contributed by atoms with Crippen LogP contribution >= 0.6 is 23.4 Å². The lowest BCUT2D eigenvalue weighted by atomic mass is 10.0. The maximum Gasteiger partial charge on any atom is 0.573 e. The van der Waals surface area contributed by atoms with Crippen molar-refractivity contribution in [2.75, 3.05) is 11.3 Å². The number of hydrazine groups is 1. The van der Waals surface area contributed by atoms with E-state index in [4.69, 9.17) is 23.2 Å². The SMILES string of the molecule is CSc1cccc(-c2ccc(-n3cc(C(F)(F)F)nc3C)c(N(N)/C(=C\N)c3ccc(OC(F)(F)F)c(Cl)c3)c2)c1. The predicted molar refractivity (Wildman–Crippen MR) is 147 cm³/mol. The number of anilines is 1. The number of rotatable bonds is 7. The van der Waals surface area contributed by atoms with E-state index in [2.05, 4.69) is 9.72 Å². The third-order valence-corrected chi connectivity index (χ3v) is 6.96. The molecule has 0 aliphatic heterocycles. The number of alkyl halides is 6. The summed E-state index contributed by atoms with van der Waals surface area (Å²) >= 11 is 7.58. The van der Waals surface area contributed by atoms with Crippen molar-refractivity contribution in [3.8, 4) is 22.6 Å². The van der Waals surface area contributed by atoms with Crippen LogP contribution in [0.15, 0.2) is 78.0 Å². The van der Waals surface area contributed by atoms with Gasteiger partial charge in [0, 0.05) is 22.9 Å². The lowest BCUT2D eigenvalue weighted by Crippen LogP contribution is -2.31. The molecule has 0 fully saturated rings. The Kier molecular flexibility index (Phi) is 8.52. The fourth-order valence-electron chi connectivity index (χ4n) is 4.07. The van der Waals surface area contributed by atoms with Gasteiger partial charge in [0.15, 0.2) is 5.69 Å². The van der Waals surface area contributed by atoms with Crippen LogP contribution in [0.25, 0.3) is 22.5 Å². The molecule has 4 rings (SSSR count). The molecule has 0 bridgehead atoms. The van der Waals surface area contributed by atoms with Gasteiger partial charge in [-0.25, -0.2) is 10.8 Å². The summed E-state index contributed by atoms with van der Waals surface area (Å²) in [4.78, 5) is 4.63. The minimum atomic E-state index is -4.96. The van der Waals surface area contributed by atoms with Crippen LogP contribution in [-0.4, -0.2) is 22.2 Å². The highest BCUT2D eigenvalue weighted by Crippen LogP contribution is 2.38. The number of hydrogen-bond acceptors (Lipinski definition) is 6. The number of aryl methyl sites for hydroxylation is 1. The fraction of sp³-hybridized carbons (Fsp3) is 0.148. The fourth-order valence-corrected chi connectivity index (χ4v) is 4.75. The van der Waals surface area contributed by atoms with Crippen LogP contribution < -0.4 is 21.3 Å². The van der Waals surface area contributed by atoms with Gasteiger partial charge in [0.05, 0.1) is 22.1 Å². The van der Waals surface area contributed by atoms with E-state index in [1.807, 2.05) is 30.5 Å². The van der Waals surface area contributed by atoms with Gasteiger partial charge in [-0.2, -0.15) is 13.2 Å². The average molecular weight is 614 g/mol. The molecule has 41 heavy (non-hydrogen) atoms. The van der Waals surface area contributed by atoms with E-state index in [0.29, 0.717) is 5.56 Å². The Labute approximate surface area is 240 Å². The largest absolute Gasteiger partial charge is 0.573 e. The molecule has 4 aromatic rings. The van der Waals surface area contributed by atoms with Crippen molar-refractivity contribution in [1.82, 2.24) is 9.55 Å². The number of hydrogen-bond donors (Lipinski definition) is 2. The van der Waals surface area contributed by atoms with E-state index in [-0.39, 0.29) is 33.5 Å². The molecule has 0 atom stereocenters. The number of benzene rings is 3.